The van der Waals surface area contributed by atoms with Gasteiger partial charge in [-0.2, -0.15) is 5.10 Å². The third kappa shape index (κ3) is 3.43. The summed E-state index contributed by atoms with van der Waals surface area (Å²) in [4.78, 5) is 14.8. The fourth-order valence-electron chi connectivity index (χ4n) is 2.82. The van der Waals surface area contributed by atoms with Crippen molar-refractivity contribution >= 4 is 5.91 Å². The number of carbonyl (C=O) groups excluding carboxylic acids is 1. The van der Waals surface area contributed by atoms with E-state index in [4.69, 9.17) is 4.74 Å². The summed E-state index contributed by atoms with van der Waals surface area (Å²) < 4.78 is 7.50. The summed E-state index contributed by atoms with van der Waals surface area (Å²) >= 11 is 0. The number of hydrogen-bond donors (Lipinski definition) is 1. The van der Waals surface area contributed by atoms with E-state index in [1.807, 2.05) is 49.1 Å². The first kappa shape index (κ1) is 16.5. The fourth-order valence-corrected chi connectivity index (χ4v) is 2.82. The number of benzene rings is 1. The van der Waals surface area contributed by atoms with Crippen LogP contribution in [0, 0.1) is 0 Å². The summed E-state index contributed by atoms with van der Waals surface area (Å²) in [5, 5.41) is 7.82. The predicted octanol–water partition coefficient (Wildman–Crippen LogP) is 2.09. The van der Waals surface area contributed by atoms with Crippen LogP contribution in [0.3, 0.4) is 0 Å². The Balaban J connectivity index is 1.92. The van der Waals surface area contributed by atoms with Crippen LogP contribution in [0.15, 0.2) is 36.5 Å². The van der Waals surface area contributed by atoms with E-state index < -0.39 is 0 Å². The number of nitrogens with one attached hydrogen (secondary N) is 1. The molecule has 1 unspecified atom stereocenters. The summed E-state index contributed by atoms with van der Waals surface area (Å²) in [6.07, 6.45) is 2.68. The molecule has 3 rings (SSSR count). The summed E-state index contributed by atoms with van der Waals surface area (Å²) in [7, 11) is 0. The third-order valence-corrected chi connectivity index (χ3v) is 4.13. The van der Waals surface area contributed by atoms with Crippen molar-refractivity contribution in [3.05, 3.63) is 42.2 Å². The minimum Gasteiger partial charge on any atom is -0.489 e. The molecule has 6 nitrogen and oxygen atoms in total. The van der Waals surface area contributed by atoms with Crippen LogP contribution in [0.4, 0.5) is 0 Å². The Labute approximate surface area is 142 Å². The quantitative estimate of drug-likeness (QED) is 0.913. The molecule has 1 aliphatic heterocycles. The first-order chi connectivity index (χ1) is 11.7. The SMILES string of the molecule is CCCOc1cn(-c2ccccc2)nc1C(=O)N1CCNCC1C. The van der Waals surface area contributed by atoms with E-state index in [2.05, 4.69) is 10.4 Å². The highest BCUT2D eigenvalue weighted by Gasteiger charge is 2.29. The molecular weight excluding hydrogens is 304 g/mol. The van der Waals surface area contributed by atoms with E-state index in [1.54, 1.807) is 10.9 Å². The van der Waals surface area contributed by atoms with Gasteiger partial charge in [0, 0.05) is 25.7 Å². The Bertz CT molecular complexity index is 684. The Hall–Kier alpha value is -2.34. The number of nitrogens with zero attached hydrogens (tertiary/aromatic N) is 3. The van der Waals surface area contributed by atoms with Gasteiger partial charge in [-0.05, 0) is 25.5 Å². The van der Waals surface area contributed by atoms with E-state index in [0.29, 0.717) is 24.6 Å². The molecule has 0 radical (unpaired) electrons. The maximum atomic E-state index is 13.0. The van der Waals surface area contributed by atoms with Crippen LogP contribution in [0.2, 0.25) is 0 Å². The van der Waals surface area contributed by atoms with Crippen molar-refractivity contribution in [2.75, 3.05) is 26.2 Å². The molecule has 1 aromatic carbocycles. The number of piperazine rings is 1. The van der Waals surface area contributed by atoms with E-state index in [9.17, 15) is 4.79 Å². The van der Waals surface area contributed by atoms with Crippen LogP contribution < -0.4 is 10.1 Å². The molecule has 1 fully saturated rings. The lowest BCUT2D eigenvalue weighted by atomic mass is 10.2. The second-order valence-corrected chi connectivity index (χ2v) is 6.02. The normalized spacial score (nSPS) is 17.8. The Morgan fingerprint density at radius 3 is 2.88 bits per heavy atom. The molecule has 6 heteroatoms. The van der Waals surface area contributed by atoms with Gasteiger partial charge in [0.2, 0.25) is 0 Å². The number of para-hydroxylation sites is 1. The summed E-state index contributed by atoms with van der Waals surface area (Å²) in [5.41, 5.74) is 1.30. The lowest BCUT2D eigenvalue weighted by Crippen LogP contribution is -2.52. The van der Waals surface area contributed by atoms with Gasteiger partial charge in [0.1, 0.15) is 0 Å². The van der Waals surface area contributed by atoms with Gasteiger partial charge in [0.25, 0.3) is 5.91 Å². The van der Waals surface area contributed by atoms with Gasteiger partial charge < -0.3 is 15.0 Å². The maximum absolute atomic E-state index is 13.0. The van der Waals surface area contributed by atoms with E-state index in [-0.39, 0.29) is 11.9 Å². The maximum Gasteiger partial charge on any atom is 0.278 e. The molecule has 2 heterocycles. The first-order valence-electron chi connectivity index (χ1n) is 8.50. The first-order valence-corrected chi connectivity index (χ1v) is 8.50. The molecule has 1 N–H and O–H groups in total. The molecule has 0 saturated carbocycles. The highest BCUT2D eigenvalue weighted by Crippen LogP contribution is 2.23. The van der Waals surface area contributed by atoms with Gasteiger partial charge in [-0.15, -0.1) is 0 Å². The van der Waals surface area contributed by atoms with Gasteiger partial charge in [-0.25, -0.2) is 4.68 Å². The second kappa shape index (κ2) is 7.49. The zero-order chi connectivity index (χ0) is 16.9. The molecule has 1 aromatic heterocycles. The summed E-state index contributed by atoms with van der Waals surface area (Å²) in [6, 6.07) is 9.91. The van der Waals surface area contributed by atoms with Crippen molar-refractivity contribution in [2.24, 2.45) is 0 Å². The number of ether oxygens (including phenoxy) is 1. The van der Waals surface area contributed by atoms with Crippen LogP contribution in [-0.4, -0.2) is 52.9 Å². The van der Waals surface area contributed by atoms with Crippen LogP contribution in [0.25, 0.3) is 5.69 Å². The highest BCUT2D eigenvalue weighted by atomic mass is 16.5. The minimum absolute atomic E-state index is 0.0650. The molecule has 0 aliphatic carbocycles. The van der Waals surface area contributed by atoms with Crippen molar-refractivity contribution in [1.82, 2.24) is 20.0 Å². The van der Waals surface area contributed by atoms with Gasteiger partial charge in [0.15, 0.2) is 11.4 Å². The molecule has 1 amide bonds. The molecular formula is C18H24N4O2. The summed E-state index contributed by atoms with van der Waals surface area (Å²) in [6.45, 7) is 6.95. The Morgan fingerprint density at radius 1 is 1.38 bits per heavy atom. The number of carbonyl (C=O) groups is 1. The number of amides is 1. The third-order valence-electron chi connectivity index (χ3n) is 4.13. The predicted molar refractivity (Wildman–Crippen MR) is 92.7 cm³/mol. The molecule has 1 aliphatic rings. The lowest BCUT2D eigenvalue weighted by molar-refractivity contribution is 0.0645. The van der Waals surface area contributed by atoms with Crippen LogP contribution in [-0.2, 0) is 0 Å². The smallest absolute Gasteiger partial charge is 0.278 e. The van der Waals surface area contributed by atoms with Crippen molar-refractivity contribution in [3.8, 4) is 11.4 Å². The standard InChI is InChI=1S/C18H24N4O2/c1-3-11-24-16-13-22(15-7-5-4-6-8-15)20-17(16)18(23)21-10-9-19-12-14(21)2/h4-8,13-14,19H,3,9-12H2,1-2H3. The largest absolute Gasteiger partial charge is 0.489 e. The topological polar surface area (TPSA) is 59.4 Å². The Morgan fingerprint density at radius 2 is 2.17 bits per heavy atom. The highest BCUT2D eigenvalue weighted by molar-refractivity contribution is 5.95. The van der Waals surface area contributed by atoms with Gasteiger partial charge in [-0.3, -0.25) is 4.79 Å². The molecule has 1 atom stereocenters. The van der Waals surface area contributed by atoms with E-state index in [0.717, 1.165) is 25.2 Å². The summed E-state index contributed by atoms with van der Waals surface area (Å²) in [5.74, 6) is 0.487. The van der Waals surface area contributed by atoms with Crippen molar-refractivity contribution in [1.29, 1.82) is 0 Å². The number of aromatic nitrogens is 2. The van der Waals surface area contributed by atoms with Crippen molar-refractivity contribution in [2.45, 2.75) is 26.3 Å². The Kier molecular flexibility index (Phi) is 5.15. The number of rotatable bonds is 5. The molecule has 24 heavy (non-hydrogen) atoms. The van der Waals surface area contributed by atoms with Crippen LogP contribution in [0.5, 0.6) is 5.75 Å². The molecule has 1 saturated heterocycles. The fraction of sp³-hybridized carbons (Fsp3) is 0.444. The molecule has 2 aromatic rings. The molecule has 128 valence electrons. The molecule has 0 spiro atoms. The van der Waals surface area contributed by atoms with Crippen molar-refractivity contribution < 1.29 is 9.53 Å². The number of hydrogen-bond acceptors (Lipinski definition) is 4. The van der Waals surface area contributed by atoms with Crippen molar-refractivity contribution in [3.63, 3.8) is 0 Å². The van der Waals surface area contributed by atoms with E-state index in [1.165, 1.54) is 0 Å². The van der Waals surface area contributed by atoms with Gasteiger partial charge >= 0.3 is 0 Å². The van der Waals surface area contributed by atoms with Crippen LogP contribution in [0.1, 0.15) is 30.8 Å². The monoisotopic (exact) mass is 328 g/mol. The average molecular weight is 328 g/mol. The zero-order valence-corrected chi connectivity index (χ0v) is 14.2. The molecule has 0 bridgehead atoms. The zero-order valence-electron chi connectivity index (χ0n) is 14.2. The van der Waals surface area contributed by atoms with Gasteiger partial charge in [0.05, 0.1) is 18.5 Å². The lowest BCUT2D eigenvalue weighted by Gasteiger charge is -2.33. The minimum atomic E-state index is -0.0650. The average Bonchev–Trinajstić information content (AvgIpc) is 3.05. The van der Waals surface area contributed by atoms with Gasteiger partial charge in [-0.1, -0.05) is 25.1 Å². The second-order valence-electron chi connectivity index (χ2n) is 6.02. The van der Waals surface area contributed by atoms with Crippen LogP contribution >= 0.6 is 0 Å². The van der Waals surface area contributed by atoms with E-state index >= 15 is 0 Å².